The summed E-state index contributed by atoms with van der Waals surface area (Å²) in [5.41, 5.74) is 1.12. The third kappa shape index (κ3) is 3.74. The molecule has 32 heavy (non-hydrogen) atoms. The third-order valence-electron chi connectivity index (χ3n) is 10.0. The van der Waals surface area contributed by atoms with Gasteiger partial charge in [-0.25, -0.2) is 0 Å². The summed E-state index contributed by atoms with van der Waals surface area (Å²) in [4.78, 5) is 36.9. The quantitative estimate of drug-likeness (QED) is 0.541. The average molecular weight is 445 g/mol. The van der Waals surface area contributed by atoms with Crippen LogP contribution in [0.2, 0.25) is 0 Å². The van der Waals surface area contributed by atoms with E-state index in [-0.39, 0.29) is 28.9 Å². The number of ether oxygens (including phenoxy) is 2. The smallest absolute Gasteiger partial charge is 0.305 e. The highest BCUT2D eigenvalue weighted by atomic mass is 16.5. The number of allylic oxidation sites excluding steroid dienone is 2. The molecule has 0 aromatic rings. The van der Waals surface area contributed by atoms with Crippen LogP contribution in [0, 0.1) is 40.4 Å². The van der Waals surface area contributed by atoms with Gasteiger partial charge in [0.25, 0.3) is 0 Å². The Morgan fingerprint density at radius 3 is 2.59 bits per heavy atom. The highest BCUT2D eigenvalue weighted by Gasteiger charge is 2.61. The second-order valence-electron chi connectivity index (χ2n) is 11.4. The van der Waals surface area contributed by atoms with Gasteiger partial charge in [0, 0.05) is 18.8 Å². The van der Waals surface area contributed by atoms with Crippen LogP contribution >= 0.6 is 0 Å². The van der Waals surface area contributed by atoms with E-state index in [1.807, 2.05) is 6.08 Å². The molecule has 178 valence electrons. The van der Waals surface area contributed by atoms with Crippen molar-refractivity contribution in [1.29, 1.82) is 0 Å². The summed E-state index contributed by atoms with van der Waals surface area (Å²) in [6.45, 7) is 8.28. The summed E-state index contributed by atoms with van der Waals surface area (Å²) < 4.78 is 10.4. The first kappa shape index (κ1) is 23.5. The summed E-state index contributed by atoms with van der Waals surface area (Å²) in [6.07, 6.45) is 10.5. The standard InChI is InChI=1S/C27H40O5/c1-16(6-11-25(30)31-5)21-9-10-22-20-8-7-18-14-19(32-17(2)28)12-13-26(18,3)23(20)15-24(29)27(21,22)4/h15-16,18-22H,6-14H2,1-5H3/t16-,18+,19+,20-,21-,22+,26+,27-/m0/s1. The minimum Gasteiger partial charge on any atom is -0.469 e. The molecule has 0 unspecified atom stereocenters. The van der Waals surface area contributed by atoms with Gasteiger partial charge in [0.15, 0.2) is 5.78 Å². The van der Waals surface area contributed by atoms with Gasteiger partial charge < -0.3 is 9.47 Å². The van der Waals surface area contributed by atoms with E-state index in [0.29, 0.717) is 41.8 Å². The average Bonchev–Trinajstić information content (AvgIpc) is 3.11. The van der Waals surface area contributed by atoms with E-state index in [4.69, 9.17) is 9.47 Å². The SMILES string of the molecule is COC(=O)CC[C@H](C)[C@@H]1CC[C@@H]2[C@@H]3CC[C@@H]4C[C@H](OC(C)=O)CC[C@@]4(C)C3=CC(=O)[C@]21C. The molecule has 0 radical (unpaired) electrons. The van der Waals surface area contributed by atoms with Gasteiger partial charge in [0.2, 0.25) is 0 Å². The Labute approximate surface area is 192 Å². The van der Waals surface area contributed by atoms with Crippen LogP contribution in [0.15, 0.2) is 11.6 Å². The Hall–Kier alpha value is -1.65. The highest BCUT2D eigenvalue weighted by Crippen LogP contribution is 2.65. The van der Waals surface area contributed by atoms with Gasteiger partial charge >= 0.3 is 11.9 Å². The maximum Gasteiger partial charge on any atom is 0.305 e. The molecule has 3 fully saturated rings. The lowest BCUT2D eigenvalue weighted by Crippen LogP contribution is -2.52. The normalized spacial score (nSPS) is 41.6. The first-order valence-electron chi connectivity index (χ1n) is 12.6. The zero-order valence-electron chi connectivity index (χ0n) is 20.4. The van der Waals surface area contributed by atoms with Crippen molar-refractivity contribution in [2.45, 2.75) is 91.6 Å². The minimum absolute atomic E-state index is 0.0267. The fourth-order valence-electron chi connectivity index (χ4n) is 8.21. The zero-order chi connectivity index (χ0) is 23.3. The van der Waals surface area contributed by atoms with Crippen molar-refractivity contribution < 1.29 is 23.9 Å². The van der Waals surface area contributed by atoms with Crippen molar-refractivity contribution in [2.75, 3.05) is 7.11 Å². The van der Waals surface area contributed by atoms with Crippen molar-refractivity contribution in [3.63, 3.8) is 0 Å². The Balaban J connectivity index is 1.56. The lowest BCUT2D eigenvalue weighted by Gasteiger charge is -2.56. The third-order valence-corrected chi connectivity index (χ3v) is 10.0. The molecule has 0 amide bonds. The molecule has 4 aliphatic carbocycles. The fourth-order valence-corrected chi connectivity index (χ4v) is 8.21. The number of methoxy groups -OCH3 is 1. The zero-order valence-corrected chi connectivity index (χ0v) is 20.4. The Morgan fingerprint density at radius 2 is 1.91 bits per heavy atom. The number of carbonyl (C=O) groups excluding carboxylic acids is 3. The molecule has 0 aliphatic heterocycles. The lowest BCUT2D eigenvalue weighted by atomic mass is 9.48. The summed E-state index contributed by atoms with van der Waals surface area (Å²) in [5, 5.41) is 0. The van der Waals surface area contributed by atoms with E-state index < -0.39 is 0 Å². The number of hydrogen-bond donors (Lipinski definition) is 0. The molecular formula is C27H40O5. The van der Waals surface area contributed by atoms with E-state index in [0.717, 1.165) is 51.4 Å². The Kier molecular flexibility index (Phi) is 6.32. The Morgan fingerprint density at radius 1 is 1.16 bits per heavy atom. The van der Waals surface area contributed by atoms with Crippen molar-refractivity contribution in [2.24, 2.45) is 40.4 Å². The van der Waals surface area contributed by atoms with E-state index in [2.05, 4.69) is 20.8 Å². The fraction of sp³-hybridized carbons (Fsp3) is 0.815. The molecule has 5 nitrogen and oxygen atoms in total. The van der Waals surface area contributed by atoms with E-state index >= 15 is 0 Å². The molecule has 0 aromatic carbocycles. The molecule has 0 N–H and O–H groups in total. The molecule has 8 atom stereocenters. The first-order chi connectivity index (χ1) is 15.1. The highest BCUT2D eigenvalue weighted by molar-refractivity contribution is 5.97. The second-order valence-corrected chi connectivity index (χ2v) is 11.4. The molecular weight excluding hydrogens is 404 g/mol. The van der Waals surface area contributed by atoms with Crippen molar-refractivity contribution in [3.05, 3.63) is 11.6 Å². The van der Waals surface area contributed by atoms with Crippen molar-refractivity contribution in [1.82, 2.24) is 0 Å². The van der Waals surface area contributed by atoms with Crippen LogP contribution in [0.5, 0.6) is 0 Å². The molecule has 0 spiro atoms. The van der Waals surface area contributed by atoms with Crippen LogP contribution in [0.25, 0.3) is 0 Å². The molecule has 0 heterocycles. The molecule has 3 saturated carbocycles. The van der Waals surface area contributed by atoms with Gasteiger partial charge in [0.05, 0.1) is 7.11 Å². The molecule has 0 saturated heterocycles. The molecule has 4 aliphatic rings. The van der Waals surface area contributed by atoms with Crippen LogP contribution < -0.4 is 0 Å². The van der Waals surface area contributed by atoms with Gasteiger partial charge in [0.1, 0.15) is 6.10 Å². The van der Waals surface area contributed by atoms with Gasteiger partial charge in [-0.15, -0.1) is 0 Å². The number of ketones is 1. The molecule has 0 aromatic heterocycles. The summed E-state index contributed by atoms with van der Waals surface area (Å²) in [7, 11) is 1.44. The maximum absolute atomic E-state index is 13.8. The monoisotopic (exact) mass is 444 g/mol. The number of carbonyl (C=O) groups is 3. The number of esters is 2. The van der Waals surface area contributed by atoms with E-state index in [9.17, 15) is 14.4 Å². The summed E-state index contributed by atoms with van der Waals surface area (Å²) in [6, 6.07) is 0. The van der Waals surface area contributed by atoms with Gasteiger partial charge in [-0.2, -0.15) is 0 Å². The lowest BCUT2D eigenvalue weighted by molar-refractivity contribution is -0.151. The largest absolute Gasteiger partial charge is 0.469 e. The number of hydrogen-bond acceptors (Lipinski definition) is 5. The van der Waals surface area contributed by atoms with E-state index in [1.165, 1.54) is 19.6 Å². The van der Waals surface area contributed by atoms with Crippen LogP contribution in [0.3, 0.4) is 0 Å². The number of rotatable bonds is 5. The van der Waals surface area contributed by atoms with Gasteiger partial charge in [-0.05, 0) is 92.4 Å². The predicted molar refractivity (Wildman–Crippen MR) is 122 cm³/mol. The topological polar surface area (TPSA) is 69.7 Å². The molecule has 4 rings (SSSR count). The van der Waals surface area contributed by atoms with Crippen LogP contribution in [0.1, 0.15) is 85.5 Å². The second kappa shape index (κ2) is 8.61. The molecule has 5 heteroatoms. The van der Waals surface area contributed by atoms with Crippen LogP contribution in [-0.2, 0) is 23.9 Å². The minimum atomic E-state index is -0.318. The first-order valence-corrected chi connectivity index (χ1v) is 12.6. The van der Waals surface area contributed by atoms with Gasteiger partial charge in [-0.3, -0.25) is 14.4 Å². The summed E-state index contributed by atoms with van der Waals surface area (Å²) in [5.74, 6) is 1.99. The maximum atomic E-state index is 13.8. The van der Waals surface area contributed by atoms with E-state index in [1.54, 1.807) is 0 Å². The Bertz CT molecular complexity index is 815. The van der Waals surface area contributed by atoms with Crippen LogP contribution in [-0.4, -0.2) is 30.9 Å². The van der Waals surface area contributed by atoms with Crippen LogP contribution in [0.4, 0.5) is 0 Å². The summed E-state index contributed by atoms with van der Waals surface area (Å²) >= 11 is 0. The van der Waals surface area contributed by atoms with Gasteiger partial charge in [-0.1, -0.05) is 26.3 Å². The predicted octanol–water partition coefficient (Wildman–Crippen LogP) is 5.27. The number of fused-ring (bicyclic) bond motifs is 5. The van der Waals surface area contributed by atoms with Crippen molar-refractivity contribution in [3.8, 4) is 0 Å². The molecule has 0 bridgehead atoms. The van der Waals surface area contributed by atoms with Crippen molar-refractivity contribution >= 4 is 17.7 Å².